The molecule has 0 aliphatic carbocycles. The van der Waals surface area contributed by atoms with Crippen molar-refractivity contribution < 1.29 is 9.90 Å². The zero-order valence-electron chi connectivity index (χ0n) is 7.58. The first kappa shape index (κ1) is 9.48. The molecule has 0 bridgehead atoms. The summed E-state index contributed by atoms with van der Waals surface area (Å²) >= 11 is 0. The molecule has 2 atom stereocenters. The molecule has 1 aliphatic rings. The van der Waals surface area contributed by atoms with Gasteiger partial charge in [0, 0.05) is 32.1 Å². The Morgan fingerprint density at radius 1 is 1.83 bits per heavy atom. The van der Waals surface area contributed by atoms with E-state index in [9.17, 15) is 4.79 Å². The van der Waals surface area contributed by atoms with Gasteiger partial charge in [0.1, 0.15) is 0 Å². The molecule has 12 heavy (non-hydrogen) atoms. The number of rotatable bonds is 3. The van der Waals surface area contributed by atoms with E-state index in [1.165, 1.54) is 0 Å². The minimum Gasteiger partial charge on any atom is -0.395 e. The number of amides is 1. The van der Waals surface area contributed by atoms with Crippen molar-refractivity contribution in [2.45, 2.75) is 25.4 Å². The predicted octanol–water partition coefficient (Wildman–Crippen LogP) is -0.812. The fourth-order valence-corrected chi connectivity index (χ4v) is 1.43. The third-order valence-corrected chi connectivity index (χ3v) is 2.14. The number of aliphatic hydroxyl groups is 1. The molecule has 1 heterocycles. The average molecular weight is 172 g/mol. The van der Waals surface area contributed by atoms with Gasteiger partial charge in [0.15, 0.2) is 0 Å². The zero-order valence-corrected chi connectivity index (χ0v) is 7.58. The van der Waals surface area contributed by atoms with Gasteiger partial charge in [-0.2, -0.15) is 0 Å². The molecular formula is C8H16N2O2. The van der Waals surface area contributed by atoms with E-state index in [1.54, 1.807) is 11.9 Å². The van der Waals surface area contributed by atoms with E-state index in [4.69, 9.17) is 5.11 Å². The van der Waals surface area contributed by atoms with Gasteiger partial charge in [-0.1, -0.05) is 0 Å². The lowest BCUT2D eigenvalue weighted by molar-refractivity contribution is -0.126. The van der Waals surface area contributed by atoms with Gasteiger partial charge >= 0.3 is 0 Å². The molecule has 0 aromatic carbocycles. The lowest BCUT2D eigenvalue weighted by Crippen LogP contribution is -2.39. The van der Waals surface area contributed by atoms with Gasteiger partial charge in [-0.15, -0.1) is 0 Å². The topological polar surface area (TPSA) is 52.6 Å². The summed E-state index contributed by atoms with van der Waals surface area (Å²) in [6.07, 6.45) is 0.556. The highest BCUT2D eigenvalue weighted by atomic mass is 16.3. The van der Waals surface area contributed by atoms with Crippen molar-refractivity contribution in [1.29, 1.82) is 0 Å². The standard InChI is InChI=1S/C8H16N2O2/c1-6(5-11)9-7-3-8(12)10(2)4-7/h6-7,9,11H,3-5H2,1-2H3. The van der Waals surface area contributed by atoms with Gasteiger partial charge in [0.2, 0.25) is 5.91 Å². The number of nitrogens with zero attached hydrogens (tertiary/aromatic N) is 1. The monoisotopic (exact) mass is 172 g/mol. The number of carbonyl (C=O) groups is 1. The summed E-state index contributed by atoms with van der Waals surface area (Å²) in [6, 6.07) is 0.291. The molecule has 0 aromatic heterocycles. The smallest absolute Gasteiger partial charge is 0.224 e. The van der Waals surface area contributed by atoms with Crippen molar-refractivity contribution in [3.8, 4) is 0 Å². The molecule has 1 amide bonds. The Hall–Kier alpha value is -0.610. The molecule has 4 heteroatoms. The fourth-order valence-electron chi connectivity index (χ4n) is 1.43. The number of likely N-dealkylation sites (tertiary alicyclic amines) is 1. The molecular weight excluding hydrogens is 156 g/mol. The molecule has 1 saturated heterocycles. The summed E-state index contributed by atoms with van der Waals surface area (Å²) in [6.45, 7) is 2.78. The second kappa shape index (κ2) is 3.87. The van der Waals surface area contributed by atoms with Crippen molar-refractivity contribution in [2.24, 2.45) is 0 Å². The Bertz CT molecular complexity index is 172. The summed E-state index contributed by atoms with van der Waals surface area (Å²) < 4.78 is 0. The molecule has 0 spiro atoms. The quantitative estimate of drug-likeness (QED) is 0.585. The minimum atomic E-state index is 0.0781. The third-order valence-electron chi connectivity index (χ3n) is 2.14. The van der Waals surface area contributed by atoms with Crippen molar-refractivity contribution in [1.82, 2.24) is 10.2 Å². The molecule has 0 aromatic rings. The summed E-state index contributed by atoms with van der Waals surface area (Å²) in [4.78, 5) is 12.8. The van der Waals surface area contributed by atoms with Crippen LogP contribution in [-0.4, -0.2) is 48.2 Å². The number of aliphatic hydroxyl groups excluding tert-OH is 1. The maximum atomic E-state index is 11.1. The first-order valence-electron chi connectivity index (χ1n) is 4.24. The van der Waals surface area contributed by atoms with E-state index in [0.29, 0.717) is 6.42 Å². The predicted molar refractivity (Wildman–Crippen MR) is 45.7 cm³/mol. The molecule has 1 fully saturated rings. The normalized spacial score (nSPS) is 26.4. The van der Waals surface area contributed by atoms with Crippen LogP contribution in [0.4, 0.5) is 0 Å². The van der Waals surface area contributed by atoms with E-state index in [-0.39, 0.29) is 24.6 Å². The van der Waals surface area contributed by atoms with E-state index in [2.05, 4.69) is 5.32 Å². The number of hydrogen-bond donors (Lipinski definition) is 2. The van der Waals surface area contributed by atoms with Gasteiger partial charge in [0.05, 0.1) is 6.61 Å². The van der Waals surface area contributed by atoms with Crippen LogP contribution in [-0.2, 0) is 4.79 Å². The maximum absolute atomic E-state index is 11.1. The van der Waals surface area contributed by atoms with Gasteiger partial charge in [0.25, 0.3) is 0 Å². The molecule has 4 nitrogen and oxygen atoms in total. The minimum absolute atomic E-state index is 0.0781. The largest absolute Gasteiger partial charge is 0.395 e. The van der Waals surface area contributed by atoms with E-state index >= 15 is 0 Å². The van der Waals surface area contributed by atoms with Crippen LogP contribution in [0.3, 0.4) is 0 Å². The Labute approximate surface area is 72.6 Å². The van der Waals surface area contributed by atoms with Crippen LogP contribution >= 0.6 is 0 Å². The summed E-state index contributed by atoms with van der Waals surface area (Å²) in [7, 11) is 1.80. The second-order valence-corrected chi connectivity index (χ2v) is 3.43. The SMILES string of the molecule is CC(CO)NC1CC(=O)N(C)C1. The highest BCUT2D eigenvalue weighted by molar-refractivity contribution is 5.78. The molecule has 0 saturated carbocycles. The van der Waals surface area contributed by atoms with Crippen molar-refractivity contribution >= 4 is 5.91 Å². The number of nitrogens with one attached hydrogen (secondary N) is 1. The van der Waals surface area contributed by atoms with Crippen molar-refractivity contribution in [3.63, 3.8) is 0 Å². The molecule has 1 rings (SSSR count). The highest BCUT2D eigenvalue weighted by Gasteiger charge is 2.26. The molecule has 0 radical (unpaired) electrons. The Balaban J connectivity index is 2.32. The summed E-state index contributed by atoms with van der Waals surface area (Å²) in [5.41, 5.74) is 0. The Morgan fingerprint density at radius 2 is 2.50 bits per heavy atom. The first-order valence-corrected chi connectivity index (χ1v) is 4.24. The lowest BCUT2D eigenvalue weighted by Gasteiger charge is -2.16. The van der Waals surface area contributed by atoms with Crippen LogP contribution in [0, 0.1) is 0 Å². The molecule has 2 unspecified atom stereocenters. The third kappa shape index (κ3) is 2.19. The van der Waals surface area contributed by atoms with Crippen LogP contribution < -0.4 is 5.32 Å². The number of hydrogen-bond acceptors (Lipinski definition) is 3. The lowest BCUT2D eigenvalue weighted by atomic mass is 10.2. The van der Waals surface area contributed by atoms with Gasteiger partial charge in [-0.05, 0) is 6.92 Å². The van der Waals surface area contributed by atoms with E-state index in [1.807, 2.05) is 6.92 Å². The van der Waals surface area contributed by atoms with E-state index in [0.717, 1.165) is 6.54 Å². The summed E-state index contributed by atoms with van der Waals surface area (Å²) in [5, 5.41) is 11.9. The van der Waals surface area contributed by atoms with Crippen LogP contribution in [0.5, 0.6) is 0 Å². The molecule has 1 aliphatic heterocycles. The zero-order chi connectivity index (χ0) is 9.14. The Morgan fingerprint density at radius 3 is 2.92 bits per heavy atom. The molecule has 2 N–H and O–H groups in total. The highest BCUT2D eigenvalue weighted by Crippen LogP contribution is 2.08. The van der Waals surface area contributed by atoms with E-state index < -0.39 is 0 Å². The van der Waals surface area contributed by atoms with Crippen LogP contribution in [0.15, 0.2) is 0 Å². The average Bonchev–Trinajstić information content (AvgIpc) is 2.31. The fraction of sp³-hybridized carbons (Fsp3) is 0.875. The van der Waals surface area contributed by atoms with Crippen molar-refractivity contribution in [2.75, 3.05) is 20.2 Å². The van der Waals surface area contributed by atoms with Crippen molar-refractivity contribution in [3.05, 3.63) is 0 Å². The number of likely N-dealkylation sites (N-methyl/N-ethyl adjacent to an activating group) is 1. The Kier molecular flexibility index (Phi) is 3.05. The van der Waals surface area contributed by atoms with Crippen LogP contribution in [0.1, 0.15) is 13.3 Å². The first-order chi connectivity index (χ1) is 5.63. The van der Waals surface area contributed by atoms with Gasteiger partial charge in [-0.25, -0.2) is 0 Å². The second-order valence-electron chi connectivity index (χ2n) is 3.43. The van der Waals surface area contributed by atoms with Gasteiger partial charge in [-0.3, -0.25) is 4.79 Å². The van der Waals surface area contributed by atoms with Crippen LogP contribution in [0.25, 0.3) is 0 Å². The maximum Gasteiger partial charge on any atom is 0.224 e. The molecule has 70 valence electrons. The number of carbonyl (C=O) groups excluding carboxylic acids is 1. The van der Waals surface area contributed by atoms with Crippen LogP contribution in [0.2, 0.25) is 0 Å². The summed E-state index contributed by atoms with van der Waals surface area (Å²) in [5.74, 6) is 0.178. The van der Waals surface area contributed by atoms with Gasteiger partial charge < -0.3 is 15.3 Å².